The molecular formula is C13H19NOS2. The van der Waals surface area contributed by atoms with Gasteiger partial charge in [0.15, 0.2) is 0 Å². The Balaban J connectivity index is 1.80. The normalized spacial score (nSPS) is 23.5. The minimum atomic E-state index is -0.845. The zero-order chi connectivity index (χ0) is 12.1. The summed E-state index contributed by atoms with van der Waals surface area (Å²) in [4.78, 5) is 3.38. The Bertz CT molecular complexity index is 369. The second-order valence-corrected chi connectivity index (χ2v) is 7.46. The SMILES string of the molecule is C[C@@H]1CN(CC[S@@](=O)c2ccccc2)CCS1. The van der Waals surface area contributed by atoms with Crippen LogP contribution in [0.4, 0.5) is 0 Å². The van der Waals surface area contributed by atoms with Crippen molar-refractivity contribution in [1.82, 2.24) is 4.90 Å². The second kappa shape index (κ2) is 6.57. The number of thioether (sulfide) groups is 1. The van der Waals surface area contributed by atoms with Gasteiger partial charge < -0.3 is 4.90 Å². The van der Waals surface area contributed by atoms with Crippen LogP contribution in [0.25, 0.3) is 0 Å². The molecule has 2 rings (SSSR count). The second-order valence-electron chi connectivity index (χ2n) is 4.34. The highest BCUT2D eigenvalue weighted by Crippen LogP contribution is 2.17. The first-order chi connectivity index (χ1) is 8.25. The van der Waals surface area contributed by atoms with E-state index < -0.39 is 10.8 Å². The Morgan fingerprint density at radius 3 is 2.88 bits per heavy atom. The molecule has 2 nitrogen and oxygen atoms in total. The van der Waals surface area contributed by atoms with Crippen LogP contribution in [0.15, 0.2) is 35.2 Å². The molecule has 0 bridgehead atoms. The lowest BCUT2D eigenvalue weighted by Crippen LogP contribution is -2.38. The number of rotatable bonds is 4. The molecule has 1 aliphatic rings. The average molecular weight is 269 g/mol. The fraction of sp³-hybridized carbons (Fsp3) is 0.538. The third-order valence-corrected chi connectivity index (χ3v) is 5.41. The maximum absolute atomic E-state index is 12.0. The first-order valence-corrected chi connectivity index (χ1v) is 8.40. The number of hydrogen-bond acceptors (Lipinski definition) is 3. The minimum Gasteiger partial charge on any atom is -0.301 e. The molecule has 1 aromatic rings. The van der Waals surface area contributed by atoms with Gasteiger partial charge in [0, 0.05) is 41.3 Å². The van der Waals surface area contributed by atoms with E-state index in [1.165, 1.54) is 5.75 Å². The molecule has 0 saturated carbocycles. The van der Waals surface area contributed by atoms with Crippen molar-refractivity contribution >= 4 is 22.6 Å². The maximum Gasteiger partial charge on any atom is 0.0542 e. The van der Waals surface area contributed by atoms with Gasteiger partial charge in [-0.15, -0.1) is 0 Å². The summed E-state index contributed by atoms with van der Waals surface area (Å²) in [6.45, 7) is 5.50. The van der Waals surface area contributed by atoms with Gasteiger partial charge in [-0.2, -0.15) is 11.8 Å². The van der Waals surface area contributed by atoms with Crippen LogP contribution in [0, 0.1) is 0 Å². The summed E-state index contributed by atoms with van der Waals surface area (Å²) in [6, 6.07) is 9.76. The summed E-state index contributed by atoms with van der Waals surface area (Å²) >= 11 is 2.03. The van der Waals surface area contributed by atoms with Gasteiger partial charge in [-0.25, -0.2) is 0 Å². The van der Waals surface area contributed by atoms with Crippen LogP contribution in [-0.4, -0.2) is 45.5 Å². The predicted molar refractivity (Wildman–Crippen MR) is 76.1 cm³/mol. The summed E-state index contributed by atoms with van der Waals surface area (Å²) < 4.78 is 12.0. The lowest BCUT2D eigenvalue weighted by molar-refractivity contribution is 0.304. The van der Waals surface area contributed by atoms with Crippen molar-refractivity contribution in [1.29, 1.82) is 0 Å². The molecule has 1 aliphatic heterocycles. The van der Waals surface area contributed by atoms with E-state index in [2.05, 4.69) is 11.8 Å². The van der Waals surface area contributed by atoms with Crippen molar-refractivity contribution in [2.45, 2.75) is 17.1 Å². The maximum atomic E-state index is 12.0. The highest BCUT2D eigenvalue weighted by molar-refractivity contribution is 7.99. The summed E-state index contributed by atoms with van der Waals surface area (Å²) in [7, 11) is -0.845. The monoisotopic (exact) mass is 269 g/mol. The molecule has 0 N–H and O–H groups in total. The van der Waals surface area contributed by atoms with Crippen molar-refractivity contribution in [3.8, 4) is 0 Å². The first kappa shape index (κ1) is 13.1. The smallest absolute Gasteiger partial charge is 0.0542 e. The summed E-state index contributed by atoms with van der Waals surface area (Å²) in [6.07, 6.45) is 0. The summed E-state index contributed by atoms with van der Waals surface area (Å²) in [5.74, 6) is 1.96. The van der Waals surface area contributed by atoms with Gasteiger partial charge >= 0.3 is 0 Å². The Hall–Kier alpha value is -0.320. The van der Waals surface area contributed by atoms with E-state index in [0.29, 0.717) is 5.25 Å². The zero-order valence-corrected chi connectivity index (χ0v) is 11.8. The molecule has 2 atom stereocenters. The van der Waals surface area contributed by atoms with E-state index >= 15 is 0 Å². The number of nitrogens with zero attached hydrogens (tertiary/aromatic N) is 1. The van der Waals surface area contributed by atoms with Crippen molar-refractivity contribution in [2.24, 2.45) is 0 Å². The highest BCUT2D eigenvalue weighted by atomic mass is 32.2. The van der Waals surface area contributed by atoms with E-state index in [1.807, 2.05) is 42.1 Å². The Kier molecular flexibility index (Phi) is 5.07. The Morgan fingerprint density at radius 1 is 1.41 bits per heavy atom. The molecular weight excluding hydrogens is 250 g/mol. The lowest BCUT2D eigenvalue weighted by atomic mass is 10.4. The molecule has 0 spiro atoms. The molecule has 1 fully saturated rings. The van der Waals surface area contributed by atoms with Crippen molar-refractivity contribution < 1.29 is 4.21 Å². The molecule has 0 radical (unpaired) electrons. The highest BCUT2D eigenvalue weighted by Gasteiger charge is 2.17. The van der Waals surface area contributed by atoms with Gasteiger partial charge in [0.25, 0.3) is 0 Å². The summed E-state index contributed by atoms with van der Waals surface area (Å²) in [5.41, 5.74) is 0. The molecule has 0 aromatic heterocycles. The van der Waals surface area contributed by atoms with E-state index in [-0.39, 0.29) is 0 Å². The number of benzene rings is 1. The standard InChI is InChI=1S/C13H19NOS2/c1-12-11-14(7-9-16-12)8-10-17(15)13-5-3-2-4-6-13/h2-6,12H,7-11H2,1H3/t12-,17-/m1/s1. The van der Waals surface area contributed by atoms with Gasteiger partial charge in [0.1, 0.15) is 0 Å². The Morgan fingerprint density at radius 2 is 2.18 bits per heavy atom. The van der Waals surface area contributed by atoms with Crippen LogP contribution in [0.5, 0.6) is 0 Å². The largest absolute Gasteiger partial charge is 0.301 e. The topological polar surface area (TPSA) is 20.3 Å². The van der Waals surface area contributed by atoms with Crippen LogP contribution in [0.1, 0.15) is 6.92 Å². The average Bonchev–Trinajstić information content (AvgIpc) is 2.37. The Labute approximate surface area is 110 Å². The van der Waals surface area contributed by atoms with Crippen LogP contribution < -0.4 is 0 Å². The molecule has 0 aliphatic carbocycles. The van der Waals surface area contributed by atoms with Gasteiger partial charge in [-0.1, -0.05) is 25.1 Å². The third kappa shape index (κ3) is 4.12. The summed E-state index contributed by atoms with van der Waals surface area (Å²) in [5, 5.41) is 0.717. The van der Waals surface area contributed by atoms with Crippen LogP contribution >= 0.6 is 11.8 Å². The number of hydrogen-bond donors (Lipinski definition) is 0. The molecule has 0 unspecified atom stereocenters. The van der Waals surface area contributed by atoms with Gasteiger partial charge in [0.2, 0.25) is 0 Å². The predicted octanol–water partition coefficient (Wildman–Crippen LogP) is 2.23. The minimum absolute atomic E-state index is 0.717. The third-order valence-electron chi connectivity index (χ3n) is 2.92. The van der Waals surface area contributed by atoms with E-state index in [4.69, 9.17) is 0 Å². The van der Waals surface area contributed by atoms with E-state index in [9.17, 15) is 4.21 Å². The lowest BCUT2D eigenvalue weighted by Gasteiger charge is -2.30. The zero-order valence-electron chi connectivity index (χ0n) is 10.2. The molecule has 0 amide bonds. The van der Waals surface area contributed by atoms with Crippen LogP contribution in [-0.2, 0) is 10.8 Å². The molecule has 17 heavy (non-hydrogen) atoms. The molecule has 1 saturated heterocycles. The van der Waals surface area contributed by atoms with Gasteiger partial charge in [-0.3, -0.25) is 4.21 Å². The fourth-order valence-corrected chi connectivity index (χ4v) is 4.20. The van der Waals surface area contributed by atoms with Crippen LogP contribution in [0.2, 0.25) is 0 Å². The van der Waals surface area contributed by atoms with Crippen molar-refractivity contribution in [2.75, 3.05) is 31.1 Å². The van der Waals surface area contributed by atoms with Crippen LogP contribution in [0.3, 0.4) is 0 Å². The molecule has 94 valence electrons. The van der Waals surface area contributed by atoms with Gasteiger partial charge in [0.05, 0.1) is 10.8 Å². The van der Waals surface area contributed by atoms with E-state index in [1.54, 1.807) is 0 Å². The molecule has 1 aromatic carbocycles. The molecule has 4 heteroatoms. The fourth-order valence-electron chi connectivity index (χ4n) is 2.00. The van der Waals surface area contributed by atoms with Gasteiger partial charge in [-0.05, 0) is 12.1 Å². The molecule has 1 heterocycles. The van der Waals surface area contributed by atoms with E-state index in [0.717, 1.165) is 30.3 Å². The van der Waals surface area contributed by atoms with Crippen molar-refractivity contribution in [3.05, 3.63) is 30.3 Å². The van der Waals surface area contributed by atoms with Crippen molar-refractivity contribution in [3.63, 3.8) is 0 Å². The quantitative estimate of drug-likeness (QED) is 0.836. The first-order valence-electron chi connectivity index (χ1n) is 6.03.